The van der Waals surface area contributed by atoms with Gasteiger partial charge in [-0.3, -0.25) is 0 Å². The van der Waals surface area contributed by atoms with Crippen molar-refractivity contribution in [2.24, 2.45) is 0 Å². The van der Waals surface area contributed by atoms with Gasteiger partial charge in [0.05, 0.1) is 18.2 Å². The SMILES string of the molecule is CCCCCCCN(CCOc1ccc(CC(OCC)C(=O)O)cc1)C(=O)Nc1cccc(C#N)c1. The van der Waals surface area contributed by atoms with Crippen LogP contribution in [-0.2, 0) is 16.0 Å². The zero-order chi connectivity index (χ0) is 26.2. The third kappa shape index (κ3) is 10.4. The van der Waals surface area contributed by atoms with Gasteiger partial charge in [-0.15, -0.1) is 0 Å². The molecule has 0 saturated heterocycles. The Labute approximate surface area is 213 Å². The van der Waals surface area contributed by atoms with Crippen molar-refractivity contribution >= 4 is 17.7 Å². The molecule has 0 aliphatic carbocycles. The van der Waals surface area contributed by atoms with Gasteiger partial charge in [0.2, 0.25) is 0 Å². The molecule has 0 spiro atoms. The number of unbranched alkanes of at least 4 members (excludes halogenated alkanes) is 4. The maximum absolute atomic E-state index is 12.9. The van der Waals surface area contributed by atoms with Crippen molar-refractivity contribution in [2.75, 3.05) is 31.6 Å². The average Bonchev–Trinajstić information content (AvgIpc) is 2.88. The van der Waals surface area contributed by atoms with Crippen molar-refractivity contribution in [1.29, 1.82) is 5.26 Å². The van der Waals surface area contributed by atoms with Gasteiger partial charge >= 0.3 is 12.0 Å². The van der Waals surface area contributed by atoms with E-state index in [0.29, 0.717) is 43.3 Å². The lowest BCUT2D eigenvalue weighted by atomic mass is 10.1. The summed E-state index contributed by atoms with van der Waals surface area (Å²) in [6.07, 6.45) is 4.86. The second kappa shape index (κ2) is 16.2. The highest BCUT2D eigenvalue weighted by Gasteiger charge is 2.18. The van der Waals surface area contributed by atoms with E-state index in [1.54, 1.807) is 48.2 Å². The van der Waals surface area contributed by atoms with Crippen LogP contribution in [0.2, 0.25) is 0 Å². The number of carboxylic acid groups (broad SMARTS) is 1. The topological polar surface area (TPSA) is 112 Å². The number of ether oxygens (including phenoxy) is 2. The maximum Gasteiger partial charge on any atom is 0.333 e. The van der Waals surface area contributed by atoms with E-state index in [-0.39, 0.29) is 12.5 Å². The number of urea groups is 1. The van der Waals surface area contributed by atoms with Crippen LogP contribution in [-0.4, -0.2) is 54.4 Å². The van der Waals surface area contributed by atoms with Gasteiger partial charge < -0.3 is 24.8 Å². The number of nitriles is 1. The molecule has 8 heteroatoms. The number of carbonyl (C=O) groups is 2. The molecule has 8 nitrogen and oxygen atoms in total. The van der Waals surface area contributed by atoms with E-state index in [9.17, 15) is 14.7 Å². The fourth-order valence-corrected chi connectivity index (χ4v) is 3.72. The number of carboxylic acids is 1. The molecule has 0 heterocycles. The van der Waals surface area contributed by atoms with Gasteiger partial charge in [0.1, 0.15) is 12.4 Å². The first-order valence-corrected chi connectivity index (χ1v) is 12.6. The van der Waals surface area contributed by atoms with Crippen molar-refractivity contribution in [2.45, 2.75) is 58.5 Å². The molecule has 1 atom stereocenters. The summed E-state index contributed by atoms with van der Waals surface area (Å²) in [6, 6.07) is 15.9. The van der Waals surface area contributed by atoms with Crippen molar-refractivity contribution < 1.29 is 24.2 Å². The number of carbonyl (C=O) groups excluding carboxylic acids is 1. The molecule has 2 rings (SSSR count). The van der Waals surface area contributed by atoms with E-state index in [0.717, 1.165) is 31.2 Å². The molecule has 0 bridgehead atoms. The third-order valence-corrected chi connectivity index (χ3v) is 5.68. The minimum absolute atomic E-state index is 0.227. The molecule has 0 aromatic heterocycles. The Kier molecular flexibility index (Phi) is 12.9. The molecule has 194 valence electrons. The van der Waals surface area contributed by atoms with Crippen LogP contribution in [0.15, 0.2) is 48.5 Å². The first-order chi connectivity index (χ1) is 17.5. The summed E-state index contributed by atoms with van der Waals surface area (Å²) < 4.78 is 11.1. The van der Waals surface area contributed by atoms with E-state index in [4.69, 9.17) is 14.7 Å². The van der Waals surface area contributed by atoms with Crippen LogP contribution in [0.25, 0.3) is 0 Å². The zero-order valence-corrected chi connectivity index (χ0v) is 21.2. The van der Waals surface area contributed by atoms with Crippen LogP contribution in [0, 0.1) is 11.3 Å². The van der Waals surface area contributed by atoms with E-state index < -0.39 is 12.1 Å². The summed E-state index contributed by atoms with van der Waals surface area (Å²) in [6.45, 7) is 5.61. The van der Waals surface area contributed by atoms with Crippen molar-refractivity contribution in [1.82, 2.24) is 4.90 Å². The van der Waals surface area contributed by atoms with Crippen molar-refractivity contribution in [3.63, 3.8) is 0 Å². The van der Waals surface area contributed by atoms with Crippen LogP contribution in [0.5, 0.6) is 5.75 Å². The summed E-state index contributed by atoms with van der Waals surface area (Å²) in [5.74, 6) is -0.336. The van der Waals surface area contributed by atoms with Crippen LogP contribution < -0.4 is 10.1 Å². The lowest BCUT2D eigenvalue weighted by Crippen LogP contribution is -2.38. The fourth-order valence-electron chi connectivity index (χ4n) is 3.72. The normalized spacial score (nSPS) is 11.4. The Morgan fingerprint density at radius 3 is 2.47 bits per heavy atom. The largest absolute Gasteiger partial charge is 0.492 e. The Bertz CT molecular complexity index is 987. The highest BCUT2D eigenvalue weighted by atomic mass is 16.5. The molecule has 1 unspecified atom stereocenters. The van der Waals surface area contributed by atoms with Crippen LogP contribution in [0.3, 0.4) is 0 Å². The van der Waals surface area contributed by atoms with Crippen LogP contribution >= 0.6 is 0 Å². The van der Waals surface area contributed by atoms with Gasteiger partial charge in [0, 0.05) is 25.3 Å². The van der Waals surface area contributed by atoms with E-state index >= 15 is 0 Å². The van der Waals surface area contributed by atoms with Crippen molar-refractivity contribution in [3.8, 4) is 11.8 Å². The lowest BCUT2D eigenvalue weighted by Gasteiger charge is -2.23. The average molecular weight is 496 g/mol. The lowest BCUT2D eigenvalue weighted by molar-refractivity contribution is -0.149. The molecule has 0 aliphatic heterocycles. The fraction of sp³-hybridized carbons (Fsp3) is 0.464. The molecule has 2 aromatic rings. The van der Waals surface area contributed by atoms with Crippen LogP contribution in [0.1, 0.15) is 57.1 Å². The number of amides is 2. The Balaban J connectivity index is 1.92. The van der Waals surface area contributed by atoms with Gasteiger partial charge in [0.25, 0.3) is 0 Å². The molecule has 2 aromatic carbocycles. The molecule has 36 heavy (non-hydrogen) atoms. The number of anilines is 1. The quantitative estimate of drug-likeness (QED) is 0.299. The van der Waals surface area contributed by atoms with Gasteiger partial charge in [-0.1, -0.05) is 50.8 Å². The smallest absolute Gasteiger partial charge is 0.333 e. The Morgan fingerprint density at radius 1 is 1.06 bits per heavy atom. The summed E-state index contributed by atoms with van der Waals surface area (Å²) in [5.41, 5.74) is 1.91. The Hall–Kier alpha value is -3.57. The summed E-state index contributed by atoms with van der Waals surface area (Å²) >= 11 is 0. The summed E-state index contributed by atoms with van der Waals surface area (Å²) in [7, 11) is 0. The number of rotatable bonds is 16. The molecule has 0 aliphatic rings. The molecular formula is C28H37N3O5. The van der Waals surface area contributed by atoms with E-state index in [1.807, 2.05) is 12.1 Å². The number of nitrogens with zero attached hydrogens (tertiary/aromatic N) is 2. The molecule has 0 saturated carbocycles. The number of nitrogens with one attached hydrogen (secondary N) is 1. The highest BCUT2D eigenvalue weighted by molar-refractivity contribution is 5.89. The molecule has 0 fully saturated rings. The number of hydrogen-bond acceptors (Lipinski definition) is 5. The predicted octanol–water partition coefficient (Wildman–Crippen LogP) is 5.47. The molecule has 2 amide bonds. The van der Waals surface area contributed by atoms with Gasteiger partial charge in [-0.25, -0.2) is 9.59 Å². The minimum Gasteiger partial charge on any atom is -0.492 e. The second-order valence-electron chi connectivity index (χ2n) is 8.50. The summed E-state index contributed by atoms with van der Waals surface area (Å²) in [4.78, 5) is 26.0. The minimum atomic E-state index is -0.982. The summed E-state index contributed by atoms with van der Waals surface area (Å²) in [5, 5.41) is 21.2. The standard InChI is InChI=1S/C28H37N3O5/c1-3-5-6-7-8-16-31(28(34)30-24-11-9-10-23(19-24)21-29)17-18-36-25-14-12-22(13-15-25)20-26(27(32)33)35-4-2/h9-15,19,26H,3-8,16-18,20H2,1-2H3,(H,30,34)(H,32,33). The third-order valence-electron chi connectivity index (χ3n) is 5.68. The van der Waals surface area contributed by atoms with Crippen LogP contribution in [0.4, 0.5) is 10.5 Å². The number of benzene rings is 2. The molecule has 0 radical (unpaired) electrons. The predicted molar refractivity (Wildman–Crippen MR) is 139 cm³/mol. The van der Waals surface area contributed by atoms with Gasteiger partial charge in [0.15, 0.2) is 6.10 Å². The van der Waals surface area contributed by atoms with E-state index in [1.165, 1.54) is 6.42 Å². The van der Waals surface area contributed by atoms with E-state index in [2.05, 4.69) is 18.3 Å². The molecule has 2 N–H and O–H groups in total. The zero-order valence-electron chi connectivity index (χ0n) is 21.2. The monoisotopic (exact) mass is 495 g/mol. The van der Waals surface area contributed by atoms with Gasteiger partial charge in [-0.2, -0.15) is 5.26 Å². The first-order valence-electron chi connectivity index (χ1n) is 12.6. The van der Waals surface area contributed by atoms with Crippen molar-refractivity contribution in [3.05, 3.63) is 59.7 Å². The maximum atomic E-state index is 12.9. The molecular weight excluding hydrogens is 458 g/mol. The number of aliphatic carboxylic acids is 1. The Morgan fingerprint density at radius 2 is 1.81 bits per heavy atom. The highest BCUT2D eigenvalue weighted by Crippen LogP contribution is 2.16. The first kappa shape index (κ1) is 28.7. The van der Waals surface area contributed by atoms with Gasteiger partial charge in [-0.05, 0) is 49.2 Å². The number of hydrogen-bond donors (Lipinski definition) is 2. The second-order valence-corrected chi connectivity index (χ2v) is 8.50.